The van der Waals surface area contributed by atoms with Gasteiger partial charge in [-0.25, -0.2) is 4.79 Å². The zero-order valence-corrected chi connectivity index (χ0v) is 12.7. The molecule has 0 aromatic heterocycles. The molecule has 1 atom stereocenters. The molecule has 1 aliphatic heterocycles. The van der Waals surface area contributed by atoms with Gasteiger partial charge in [0.25, 0.3) is 0 Å². The fourth-order valence-corrected chi connectivity index (χ4v) is 2.44. The molecule has 1 aromatic carbocycles. The van der Waals surface area contributed by atoms with Crippen LogP contribution in [0, 0.1) is 0 Å². The van der Waals surface area contributed by atoms with Crippen molar-refractivity contribution in [2.45, 2.75) is 18.9 Å². The van der Waals surface area contributed by atoms with Gasteiger partial charge in [0, 0.05) is 24.8 Å². The van der Waals surface area contributed by atoms with Crippen molar-refractivity contribution in [3.05, 3.63) is 42.5 Å². The maximum Gasteiger partial charge on any atom is 0.314 e. The third-order valence-corrected chi connectivity index (χ3v) is 3.64. The Morgan fingerprint density at radius 2 is 2.00 bits per heavy atom. The van der Waals surface area contributed by atoms with E-state index in [4.69, 9.17) is 5.73 Å². The fourth-order valence-electron chi connectivity index (χ4n) is 2.44. The average molecular weight is 316 g/mol. The molecule has 0 saturated carbocycles. The van der Waals surface area contributed by atoms with Crippen molar-refractivity contribution in [1.29, 1.82) is 0 Å². The highest BCUT2D eigenvalue weighted by atomic mass is 16.2. The second-order valence-corrected chi connectivity index (χ2v) is 5.40. The molecule has 23 heavy (non-hydrogen) atoms. The van der Waals surface area contributed by atoms with Crippen LogP contribution < -0.4 is 16.4 Å². The Labute approximate surface area is 134 Å². The number of carbonyl (C=O) groups excluding carboxylic acids is 3. The van der Waals surface area contributed by atoms with Gasteiger partial charge in [-0.1, -0.05) is 18.7 Å². The van der Waals surface area contributed by atoms with Crippen LogP contribution in [0.1, 0.15) is 12.0 Å². The van der Waals surface area contributed by atoms with E-state index in [2.05, 4.69) is 17.2 Å². The Morgan fingerprint density at radius 1 is 1.30 bits per heavy atom. The lowest BCUT2D eigenvalue weighted by Gasteiger charge is -2.14. The fraction of sp³-hybridized carbons (Fsp3) is 0.312. The summed E-state index contributed by atoms with van der Waals surface area (Å²) >= 11 is 0. The van der Waals surface area contributed by atoms with Gasteiger partial charge in [0.1, 0.15) is 0 Å². The molecule has 1 aromatic rings. The SMILES string of the molecule is C=CC(=O)Nc1ccc(CC(=O)NC2CCN(C(N)=O)C2)cc1. The molecule has 0 spiro atoms. The first-order chi connectivity index (χ1) is 11.0. The smallest absolute Gasteiger partial charge is 0.314 e. The van der Waals surface area contributed by atoms with Gasteiger partial charge in [0.2, 0.25) is 11.8 Å². The van der Waals surface area contributed by atoms with Crippen molar-refractivity contribution in [2.75, 3.05) is 18.4 Å². The third-order valence-electron chi connectivity index (χ3n) is 3.64. The number of hydrogen-bond donors (Lipinski definition) is 3. The monoisotopic (exact) mass is 316 g/mol. The van der Waals surface area contributed by atoms with Crippen LogP contribution in [0.4, 0.5) is 10.5 Å². The molecular formula is C16H20N4O3. The van der Waals surface area contributed by atoms with Crippen molar-refractivity contribution in [1.82, 2.24) is 10.2 Å². The first-order valence-corrected chi connectivity index (χ1v) is 7.34. The van der Waals surface area contributed by atoms with Crippen molar-refractivity contribution in [2.24, 2.45) is 5.73 Å². The molecule has 0 bridgehead atoms. The highest BCUT2D eigenvalue weighted by Crippen LogP contribution is 2.12. The summed E-state index contributed by atoms with van der Waals surface area (Å²) in [7, 11) is 0. The summed E-state index contributed by atoms with van der Waals surface area (Å²) < 4.78 is 0. The molecule has 1 heterocycles. The van der Waals surface area contributed by atoms with E-state index in [0.717, 1.165) is 5.56 Å². The van der Waals surface area contributed by atoms with Crippen molar-refractivity contribution in [3.8, 4) is 0 Å². The number of likely N-dealkylation sites (tertiary alicyclic amines) is 1. The van der Waals surface area contributed by atoms with Gasteiger partial charge in [0.05, 0.1) is 6.42 Å². The lowest BCUT2D eigenvalue weighted by Crippen LogP contribution is -2.40. The van der Waals surface area contributed by atoms with E-state index in [1.165, 1.54) is 11.0 Å². The van der Waals surface area contributed by atoms with Gasteiger partial charge in [-0.15, -0.1) is 0 Å². The van der Waals surface area contributed by atoms with Crippen LogP contribution in [-0.4, -0.2) is 41.9 Å². The number of nitrogens with one attached hydrogen (secondary N) is 2. The van der Waals surface area contributed by atoms with Gasteiger partial charge in [-0.05, 0) is 30.2 Å². The molecule has 7 heteroatoms. The number of nitrogens with two attached hydrogens (primary N) is 1. The molecule has 1 saturated heterocycles. The number of benzene rings is 1. The van der Waals surface area contributed by atoms with E-state index < -0.39 is 6.03 Å². The van der Waals surface area contributed by atoms with Gasteiger partial charge in [0.15, 0.2) is 0 Å². The molecule has 7 nitrogen and oxygen atoms in total. The summed E-state index contributed by atoms with van der Waals surface area (Å²) in [5, 5.41) is 5.54. The Kier molecular flexibility index (Phi) is 5.35. The number of urea groups is 1. The molecule has 4 N–H and O–H groups in total. The summed E-state index contributed by atoms with van der Waals surface area (Å²) in [6.07, 6.45) is 2.14. The summed E-state index contributed by atoms with van der Waals surface area (Å²) in [4.78, 5) is 35.8. The molecule has 2 rings (SSSR count). The van der Waals surface area contributed by atoms with Crippen LogP contribution in [-0.2, 0) is 16.0 Å². The molecule has 1 aliphatic rings. The predicted octanol–water partition coefficient (Wildman–Crippen LogP) is 0.623. The minimum Gasteiger partial charge on any atom is -0.351 e. The highest BCUT2D eigenvalue weighted by Gasteiger charge is 2.25. The van der Waals surface area contributed by atoms with Gasteiger partial charge >= 0.3 is 6.03 Å². The minimum atomic E-state index is -0.459. The van der Waals surface area contributed by atoms with Crippen molar-refractivity contribution < 1.29 is 14.4 Å². The van der Waals surface area contributed by atoms with Gasteiger partial charge in [-0.3, -0.25) is 9.59 Å². The van der Waals surface area contributed by atoms with E-state index in [1.54, 1.807) is 24.3 Å². The number of anilines is 1. The second-order valence-electron chi connectivity index (χ2n) is 5.40. The number of rotatable bonds is 5. The van der Waals surface area contributed by atoms with Crippen LogP contribution in [0.5, 0.6) is 0 Å². The quantitative estimate of drug-likeness (QED) is 0.694. The Morgan fingerprint density at radius 3 is 2.57 bits per heavy atom. The normalized spacial score (nSPS) is 16.7. The average Bonchev–Trinajstić information content (AvgIpc) is 2.97. The third kappa shape index (κ3) is 4.84. The number of hydrogen-bond acceptors (Lipinski definition) is 3. The molecule has 0 aliphatic carbocycles. The summed E-state index contributed by atoms with van der Waals surface area (Å²) in [6, 6.07) is 6.51. The second kappa shape index (κ2) is 7.44. The highest BCUT2D eigenvalue weighted by molar-refractivity contribution is 5.98. The van der Waals surface area contributed by atoms with Gasteiger partial charge < -0.3 is 21.3 Å². The maximum absolute atomic E-state index is 12.0. The molecule has 4 amide bonds. The Bertz CT molecular complexity index is 612. The summed E-state index contributed by atoms with van der Waals surface area (Å²) in [5.74, 6) is -0.389. The lowest BCUT2D eigenvalue weighted by molar-refractivity contribution is -0.121. The topological polar surface area (TPSA) is 105 Å². The van der Waals surface area contributed by atoms with Crippen molar-refractivity contribution >= 4 is 23.5 Å². The molecule has 122 valence electrons. The Hall–Kier alpha value is -2.83. The first kappa shape index (κ1) is 16.5. The van der Waals surface area contributed by atoms with E-state index in [-0.39, 0.29) is 24.3 Å². The number of carbonyl (C=O) groups is 3. The first-order valence-electron chi connectivity index (χ1n) is 7.34. The molecule has 1 unspecified atom stereocenters. The number of amides is 4. The largest absolute Gasteiger partial charge is 0.351 e. The van der Waals surface area contributed by atoms with Crippen LogP contribution in [0.15, 0.2) is 36.9 Å². The van der Waals surface area contributed by atoms with Crippen LogP contribution in [0.2, 0.25) is 0 Å². The van der Waals surface area contributed by atoms with Crippen LogP contribution in [0.25, 0.3) is 0 Å². The Balaban J connectivity index is 1.82. The lowest BCUT2D eigenvalue weighted by atomic mass is 10.1. The van der Waals surface area contributed by atoms with Gasteiger partial charge in [-0.2, -0.15) is 0 Å². The van der Waals surface area contributed by atoms with Crippen LogP contribution in [0.3, 0.4) is 0 Å². The minimum absolute atomic E-state index is 0.0545. The van der Waals surface area contributed by atoms with E-state index in [0.29, 0.717) is 25.2 Å². The van der Waals surface area contributed by atoms with E-state index in [1.807, 2.05) is 0 Å². The number of primary amides is 1. The zero-order chi connectivity index (χ0) is 16.8. The molecular weight excluding hydrogens is 296 g/mol. The van der Waals surface area contributed by atoms with Crippen molar-refractivity contribution in [3.63, 3.8) is 0 Å². The molecule has 0 radical (unpaired) electrons. The molecule has 1 fully saturated rings. The van der Waals surface area contributed by atoms with E-state index >= 15 is 0 Å². The summed E-state index contributed by atoms with van der Waals surface area (Å²) in [5.41, 5.74) is 6.69. The van der Waals surface area contributed by atoms with E-state index in [9.17, 15) is 14.4 Å². The summed E-state index contributed by atoms with van der Waals surface area (Å²) in [6.45, 7) is 4.40. The standard InChI is InChI=1S/C16H20N4O3/c1-2-14(21)18-12-5-3-11(4-6-12)9-15(22)19-13-7-8-20(10-13)16(17)23/h2-6,13H,1,7-10H2,(H2,17,23)(H,18,21)(H,19,22). The number of nitrogens with zero attached hydrogens (tertiary/aromatic N) is 1. The maximum atomic E-state index is 12.0. The van der Waals surface area contributed by atoms with Crippen LogP contribution >= 0.6 is 0 Å². The zero-order valence-electron chi connectivity index (χ0n) is 12.7. The predicted molar refractivity (Wildman–Crippen MR) is 86.7 cm³/mol.